The second kappa shape index (κ2) is 5.84. The van der Waals surface area contributed by atoms with Crippen LogP contribution in [0.15, 0.2) is 11.6 Å². The molecule has 0 amide bonds. The van der Waals surface area contributed by atoms with Crippen LogP contribution in [0.3, 0.4) is 0 Å². The number of aliphatic hydroxyl groups is 2. The molecule has 4 unspecified atom stereocenters. The van der Waals surface area contributed by atoms with Gasteiger partial charge < -0.3 is 15.9 Å². The number of aliphatic hydroxyl groups excluding tert-OH is 2. The Morgan fingerprint density at radius 2 is 1.84 bits per heavy atom. The van der Waals surface area contributed by atoms with Crippen molar-refractivity contribution in [3.8, 4) is 11.8 Å². The van der Waals surface area contributed by atoms with Gasteiger partial charge in [0.15, 0.2) is 0 Å². The van der Waals surface area contributed by atoms with Gasteiger partial charge in [0.25, 0.3) is 0 Å². The van der Waals surface area contributed by atoms with E-state index in [1.807, 2.05) is 6.92 Å². The highest BCUT2D eigenvalue weighted by molar-refractivity contribution is 5.40. The number of nitrogens with two attached hydrogens (primary N) is 1. The number of allylic oxidation sites excluding steroid dienone is 2. The molecule has 0 aliphatic heterocycles. The van der Waals surface area contributed by atoms with Crippen molar-refractivity contribution in [1.29, 1.82) is 0 Å². The summed E-state index contributed by atoms with van der Waals surface area (Å²) in [6.07, 6.45) is 7.29. The highest BCUT2D eigenvalue weighted by atomic mass is 16.3. The van der Waals surface area contributed by atoms with Crippen LogP contribution in [0, 0.1) is 46.3 Å². The van der Waals surface area contributed by atoms with Gasteiger partial charge in [-0.25, -0.2) is 0 Å². The molecule has 138 valence electrons. The number of hydrogen-bond acceptors (Lipinski definition) is 3. The van der Waals surface area contributed by atoms with Crippen LogP contribution in [-0.2, 0) is 0 Å². The molecule has 4 aliphatic rings. The lowest BCUT2D eigenvalue weighted by Crippen LogP contribution is -2.64. The van der Waals surface area contributed by atoms with Crippen molar-refractivity contribution in [2.75, 3.05) is 0 Å². The van der Waals surface area contributed by atoms with Crippen LogP contribution in [-0.4, -0.2) is 28.5 Å². The fourth-order valence-electron chi connectivity index (χ4n) is 7.19. The molecule has 0 aromatic heterocycles. The summed E-state index contributed by atoms with van der Waals surface area (Å²) in [5.74, 6) is 7.61. The van der Waals surface area contributed by atoms with E-state index in [0.717, 1.165) is 38.5 Å². The third-order valence-corrected chi connectivity index (χ3v) is 8.63. The molecule has 0 heterocycles. The van der Waals surface area contributed by atoms with Gasteiger partial charge >= 0.3 is 0 Å². The topological polar surface area (TPSA) is 66.5 Å². The number of hydrogen-bond donors (Lipinski definition) is 3. The van der Waals surface area contributed by atoms with E-state index in [1.165, 1.54) is 5.57 Å². The van der Waals surface area contributed by atoms with Gasteiger partial charge in [-0.1, -0.05) is 25.8 Å². The Labute approximate surface area is 152 Å². The van der Waals surface area contributed by atoms with Crippen LogP contribution >= 0.6 is 0 Å². The maximum Gasteiger partial charge on any atom is 0.0836 e. The molecule has 3 saturated carbocycles. The third kappa shape index (κ3) is 2.30. The zero-order valence-electron chi connectivity index (χ0n) is 15.8. The van der Waals surface area contributed by atoms with Gasteiger partial charge in [-0.2, -0.15) is 0 Å². The number of fused-ring (bicyclic) bond motifs is 5. The second-order valence-corrected chi connectivity index (χ2v) is 9.60. The average Bonchev–Trinajstić information content (AvgIpc) is 2.91. The molecule has 3 fully saturated rings. The van der Waals surface area contributed by atoms with Crippen molar-refractivity contribution in [1.82, 2.24) is 0 Å². The summed E-state index contributed by atoms with van der Waals surface area (Å²) in [5, 5.41) is 22.2. The Morgan fingerprint density at radius 3 is 2.56 bits per heavy atom. The molecule has 3 heteroatoms. The van der Waals surface area contributed by atoms with Gasteiger partial charge in [0.05, 0.1) is 12.2 Å². The van der Waals surface area contributed by atoms with Gasteiger partial charge in [-0.15, -0.1) is 5.92 Å². The Kier molecular flexibility index (Phi) is 4.11. The van der Waals surface area contributed by atoms with Crippen LogP contribution in [0.5, 0.6) is 0 Å². The minimum atomic E-state index is -0.638. The van der Waals surface area contributed by atoms with Crippen molar-refractivity contribution in [3.05, 3.63) is 11.6 Å². The first-order valence-corrected chi connectivity index (χ1v) is 10.1. The van der Waals surface area contributed by atoms with Crippen molar-refractivity contribution >= 4 is 0 Å². The monoisotopic (exact) mass is 343 g/mol. The van der Waals surface area contributed by atoms with Crippen LogP contribution < -0.4 is 5.73 Å². The summed E-state index contributed by atoms with van der Waals surface area (Å²) >= 11 is 0. The van der Waals surface area contributed by atoms with Gasteiger partial charge in [0.2, 0.25) is 0 Å². The molecular weight excluding hydrogens is 310 g/mol. The highest BCUT2D eigenvalue weighted by Gasteiger charge is 2.63. The maximum absolute atomic E-state index is 11.1. The van der Waals surface area contributed by atoms with E-state index in [-0.39, 0.29) is 28.7 Å². The van der Waals surface area contributed by atoms with E-state index in [2.05, 4.69) is 31.8 Å². The van der Waals surface area contributed by atoms with Crippen molar-refractivity contribution < 1.29 is 10.2 Å². The van der Waals surface area contributed by atoms with Gasteiger partial charge in [0, 0.05) is 17.0 Å². The first kappa shape index (κ1) is 17.6. The Balaban J connectivity index is 1.71. The van der Waals surface area contributed by atoms with E-state index in [0.29, 0.717) is 11.8 Å². The largest absolute Gasteiger partial charge is 0.390 e. The predicted molar refractivity (Wildman–Crippen MR) is 99.4 cm³/mol. The molecule has 25 heavy (non-hydrogen) atoms. The SMILES string of the molecule is CC#CC1=CCC2C3C(CC[C@]12C)[C@@]1(C)CC[C@H](N)CC1[C@@H](O)[C@@H]3O. The minimum Gasteiger partial charge on any atom is -0.390 e. The molecule has 4 rings (SSSR count). The molecule has 0 radical (unpaired) electrons. The van der Waals surface area contributed by atoms with E-state index >= 15 is 0 Å². The Morgan fingerprint density at radius 1 is 1.08 bits per heavy atom. The first-order chi connectivity index (χ1) is 11.8. The summed E-state index contributed by atoms with van der Waals surface area (Å²) in [7, 11) is 0. The highest BCUT2D eigenvalue weighted by Crippen LogP contribution is 2.66. The molecule has 0 aromatic rings. The Bertz CT molecular complexity index is 646. The molecule has 0 aromatic carbocycles. The smallest absolute Gasteiger partial charge is 0.0836 e. The molecule has 3 nitrogen and oxygen atoms in total. The van der Waals surface area contributed by atoms with Crippen molar-refractivity contribution in [2.45, 2.75) is 77.5 Å². The standard InChI is InChI=1S/C22H33NO2/c1-4-5-13-6-7-15-18-16(9-11-21(13,15)2)22(3)10-8-14(23)12-17(22)19(24)20(18)25/h6,14-20,24-25H,7-12,23H2,1-3H3/t14-,15?,16?,17?,18?,19+,20+,21+,22+/m0/s1. The van der Waals surface area contributed by atoms with Crippen molar-refractivity contribution in [3.63, 3.8) is 0 Å². The molecule has 4 aliphatic carbocycles. The normalized spacial score (nSPS) is 54.5. The van der Waals surface area contributed by atoms with Crippen LogP contribution in [0.25, 0.3) is 0 Å². The molecule has 9 atom stereocenters. The summed E-state index contributed by atoms with van der Waals surface area (Å²) in [4.78, 5) is 0. The minimum absolute atomic E-state index is 0.0686. The summed E-state index contributed by atoms with van der Waals surface area (Å²) in [6, 6.07) is 0.171. The maximum atomic E-state index is 11.1. The van der Waals surface area contributed by atoms with E-state index < -0.39 is 12.2 Å². The van der Waals surface area contributed by atoms with E-state index in [1.54, 1.807) is 0 Å². The van der Waals surface area contributed by atoms with Crippen LogP contribution in [0.1, 0.15) is 59.3 Å². The molecule has 0 bridgehead atoms. The van der Waals surface area contributed by atoms with Crippen molar-refractivity contribution in [2.24, 2.45) is 40.2 Å². The fourth-order valence-corrected chi connectivity index (χ4v) is 7.19. The fraction of sp³-hybridized carbons (Fsp3) is 0.818. The third-order valence-electron chi connectivity index (χ3n) is 8.63. The van der Waals surface area contributed by atoms with Crippen LogP contribution in [0.4, 0.5) is 0 Å². The summed E-state index contributed by atoms with van der Waals surface area (Å²) in [6.45, 7) is 6.61. The zero-order valence-corrected chi connectivity index (χ0v) is 15.8. The molecule has 0 spiro atoms. The lowest BCUT2D eigenvalue weighted by atomic mass is 9.43. The quantitative estimate of drug-likeness (QED) is 0.593. The van der Waals surface area contributed by atoms with Gasteiger partial charge in [0.1, 0.15) is 0 Å². The summed E-state index contributed by atoms with van der Waals surface area (Å²) < 4.78 is 0. The van der Waals surface area contributed by atoms with Gasteiger partial charge in [-0.05, 0) is 74.5 Å². The molecule has 0 saturated heterocycles. The van der Waals surface area contributed by atoms with Gasteiger partial charge in [-0.3, -0.25) is 0 Å². The second-order valence-electron chi connectivity index (χ2n) is 9.60. The average molecular weight is 344 g/mol. The number of rotatable bonds is 0. The lowest BCUT2D eigenvalue weighted by molar-refractivity contribution is -0.210. The lowest BCUT2D eigenvalue weighted by Gasteiger charge is -2.63. The molecule has 4 N–H and O–H groups in total. The summed E-state index contributed by atoms with van der Waals surface area (Å²) in [5.41, 5.74) is 7.66. The van der Waals surface area contributed by atoms with E-state index in [9.17, 15) is 10.2 Å². The Hall–Kier alpha value is -0.820. The van der Waals surface area contributed by atoms with Crippen LogP contribution in [0.2, 0.25) is 0 Å². The molecular formula is C22H33NO2. The first-order valence-electron chi connectivity index (χ1n) is 10.1. The van der Waals surface area contributed by atoms with E-state index in [4.69, 9.17) is 5.73 Å². The zero-order chi connectivity index (χ0) is 18.0. The predicted octanol–water partition coefficient (Wildman–Crippen LogP) is 2.86.